The number of aromatic amines is 1. The first-order chi connectivity index (χ1) is 11.9. The number of benzene rings is 1. The molecule has 3 aromatic heterocycles. The van der Waals surface area contributed by atoms with Gasteiger partial charge in [0, 0.05) is 41.3 Å². The first kappa shape index (κ1) is 15.4. The molecule has 0 saturated carbocycles. The van der Waals surface area contributed by atoms with Crippen LogP contribution in [0, 0.1) is 11.8 Å². The van der Waals surface area contributed by atoms with E-state index < -0.39 is 5.60 Å². The van der Waals surface area contributed by atoms with E-state index in [2.05, 4.69) is 39.0 Å². The standard InChI is InChI=1S/C20H18N4O/c1-20(2,25)8-6-15-16-7-9-21-19(16)22-12-17(15)13-4-5-18-14(10-13)11-23-24(18)3/h4-5,7,9-12,25H,1-3H3,(H,21,22). The third-order valence-electron chi connectivity index (χ3n) is 4.14. The molecule has 4 aromatic rings. The van der Waals surface area contributed by atoms with Crippen LogP contribution in [0.15, 0.2) is 42.9 Å². The number of nitrogens with one attached hydrogen (secondary N) is 1. The lowest BCUT2D eigenvalue weighted by molar-refractivity contribution is 0.143. The number of pyridine rings is 1. The summed E-state index contributed by atoms with van der Waals surface area (Å²) in [7, 11) is 1.93. The summed E-state index contributed by atoms with van der Waals surface area (Å²) in [6, 6.07) is 8.15. The summed E-state index contributed by atoms with van der Waals surface area (Å²) >= 11 is 0. The summed E-state index contributed by atoms with van der Waals surface area (Å²) in [6.45, 7) is 3.35. The van der Waals surface area contributed by atoms with Gasteiger partial charge in [0.25, 0.3) is 0 Å². The van der Waals surface area contributed by atoms with Crippen LogP contribution < -0.4 is 0 Å². The average molecular weight is 330 g/mol. The minimum atomic E-state index is -1.06. The molecule has 0 unspecified atom stereocenters. The first-order valence-corrected chi connectivity index (χ1v) is 8.06. The molecular formula is C20H18N4O. The molecule has 3 heterocycles. The minimum Gasteiger partial charge on any atom is -0.378 e. The first-order valence-electron chi connectivity index (χ1n) is 8.06. The van der Waals surface area contributed by atoms with Crippen molar-refractivity contribution in [3.05, 3.63) is 48.4 Å². The van der Waals surface area contributed by atoms with Gasteiger partial charge in [-0.25, -0.2) is 4.98 Å². The molecule has 5 heteroatoms. The van der Waals surface area contributed by atoms with Crippen LogP contribution >= 0.6 is 0 Å². The molecule has 0 atom stereocenters. The van der Waals surface area contributed by atoms with Gasteiger partial charge in [-0.2, -0.15) is 5.10 Å². The van der Waals surface area contributed by atoms with E-state index in [1.807, 2.05) is 42.5 Å². The fourth-order valence-electron chi connectivity index (χ4n) is 2.91. The van der Waals surface area contributed by atoms with Crippen molar-refractivity contribution in [2.45, 2.75) is 19.4 Å². The van der Waals surface area contributed by atoms with E-state index in [9.17, 15) is 5.11 Å². The highest BCUT2D eigenvalue weighted by atomic mass is 16.3. The lowest BCUT2D eigenvalue weighted by Gasteiger charge is -2.09. The Morgan fingerprint density at radius 3 is 2.84 bits per heavy atom. The second-order valence-corrected chi connectivity index (χ2v) is 6.64. The molecule has 4 rings (SSSR count). The summed E-state index contributed by atoms with van der Waals surface area (Å²) in [5.74, 6) is 6.07. The van der Waals surface area contributed by atoms with Crippen molar-refractivity contribution in [2.75, 3.05) is 0 Å². The molecule has 25 heavy (non-hydrogen) atoms. The second kappa shape index (κ2) is 5.47. The Morgan fingerprint density at radius 1 is 1.20 bits per heavy atom. The molecule has 0 spiro atoms. The summed E-state index contributed by atoms with van der Waals surface area (Å²) in [4.78, 5) is 7.62. The van der Waals surface area contributed by atoms with Gasteiger partial charge in [0.15, 0.2) is 0 Å². The summed E-state index contributed by atoms with van der Waals surface area (Å²) in [5, 5.41) is 16.3. The number of aryl methyl sites for hydroxylation is 1. The van der Waals surface area contributed by atoms with E-state index in [4.69, 9.17) is 0 Å². The third-order valence-corrected chi connectivity index (χ3v) is 4.14. The van der Waals surface area contributed by atoms with Gasteiger partial charge < -0.3 is 10.1 Å². The molecule has 0 fully saturated rings. The smallest absolute Gasteiger partial charge is 0.138 e. The van der Waals surface area contributed by atoms with Gasteiger partial charge in [0.2, 0.25) is 0 Å². The Bertz CT molecular complexity index is 1150. The maximum absolute atomic E-state index is 10.00. The van der Waals surface area contributed by atoms with Crippen molar-refractivity contribution in [2.24, 2.45) is 7.05 Å². The molecule has 5 nitrogen and oxygen atoms in total. The number of fused-ring (bicyclic) bond motifs is 2. The Morgan fingerprint density at radius 2 is 2.04 bits per heavy atom. The van der Waals surface area contributed by atoms with Gasteiger partial charge in [0.05, 0.1) is 11.7 Å². The van der Waals surface area contributed by atoms with Crippen LogP contribution in [0.2, 0.25) is 0 Å². The Balaban J connectivity index is 1.97. The van der Waals surface area contributed by atoms with Crippen LogP contribution in [0.3, 0.4) is 0 Å². The van der Waals surface area contributed by atoms with Crippen molar-refractivity contribution in [1.29, 1.82) is 0 Å². The SMILES string of the molecule is Cn1ncc2cc(-c3cnc4[nH]ccc4c3C#CC(C)(C)O)ccc21. The molecule has 0 aliphatic rings. The highest BCUT2D eigenvalue weighted by molar-refractivity contribution is 5.93. The van der Waals surface area contributed by atoms with E-state index in [-0.39, 0.29) is 0 Å². The van der Waals surface area contributed by atoms with Crippen LogP contribution in [0.1, 0.15) is 19.4 Å². The van der Waals surface area contributed by atoms with Gasteiger partial charge in [0.1, 0.15) is 11.2 Å². The number of aliphatic hydroxyl groups is 1. The van der Waals surface area contributed by atoms with Crippen molar-refractivity contribution < 1.29 is 5.11 Å². The van der Waals surface area contributed by atoms with Gasteiger partial charge in [-0.1, -0.05) is 17.9 Å². The van der Waals surface area contributed by atoms with E-state index >= 15 is 0 Å². The van der Waals surface area contributed by atoms with Gasteiger partial charge in [-0.15, -0.1) is 0 Å². The molecule has 0 radical (unpaired) electrons. The molecule has 124 valence electrons. The molecule has 1 aromatic carbocycles. The van der Waals surface area contributed by atoms with Crippen LogP contribution in [-0.4, -0.2) is 30.5 Å². The van der Waals surface area contributed by atoms with Crippen LogP contribution in [-0.2, 0) is 7.05 Å². The molecule has 0 aliphatic heterocycles. The number of aromatic nitrogens is 4. The Hall–Kier alpha value is -3.10. The zero-order valence-corrected chi connectivity index (χ0v) is 14.3. The molecule has 0 saturated heterocycles. The van der Waals surface area contributed by atoms with E-state index in [1.54, 1.807) is 13.8 Å². The van der Waals surface area contributed by atoms with E-state index in [1.165, 1.54) is 0 Å². The van der Waals surface area contributed by atoms with Crippen molar-refractivity contribution in [1.82, 2.24) is 19.7 Å². The summed E-state index contributed by atoms with van der Waals surface area (Å²) in [6.07, 6.45) is 5.52. The molecule has 0 amide bonds. The molecule has 0 aliphatic carbocycles. The maximum atomic E-state index is 10.00. The van der Waals surface area contributed by atoms with Gasteiger partial charge in [-0.3, -0.25) is 4.68 Å². The number of H-pyrrole nitrogens is 1. The normalized spacial score (nSPS) is 11.7. The average Bonchev–Trinajstić information content (AvgIpc) is 3.18. The lowest BCUT2D eigenvalue weighted by atomic mass is 9.98. The summed E-state index contributed by atoms with van der Waals surface area (Å²) in [5.41, 5.74) is 3.62. The predicted octanol–water partition coefficient (Wildman–Crippen LogP) is 3.24. The molecule has 2 N–H and O–H groups in total. The fraction of sp³-hybridized carbons (Fsp3) is 0.200. The zero-order valence-electron chi connectivity index (χ0n) is 14.3. The van der Waals surface area contributed by atoms with Crippen LogP contribution in [0.4, 0.5) is 0 Å². The molecular weight excluding hydrogens is 312 g/mol. The highest BCUT2D eigenvalue weighted by Gasteiger charge is 2.13. The summed E-state index contributed by atoms with van der Waals surface area (Å²) < 4.78 is 1.85. The predicted molar refractivity (Wildman–Crippen MR) is 99.0 cm³/mol. The Kier molecular flexibility index (Phi) is 3.38. The number of hydrogen-bond donors (Lipinski definition) is 2. The van der Waals surface area contributed by atoms with Gasteiger partial charge >= 0.3 is 0 Å². The largest absolute Gasteiger partial charge is 0.378 e. The lowest BCUT2D eigenvalue weighted by Crippen LogP contribution is -2.14. The Labute approximate surface area is 145 Å². The van der Waals surface area contributed by atoms with E-state index in [0.717, 1.165) is 38.6 Å². The van der Waals surface area contributed by atoms with Crippen molar-refractivity contribution in [3.63, 3.8) is 0 Å². The number of hydrogen-bond acceptors (Lipinski definition) is 3. The minimum absolute atomic E-state index is 0.784. The number of nitrogens with zero attached hydrogens (tertiary/aromatic N) is 3. The topological polar surface area (TPSA) is 66.7 Å². The molecule has 0 bridgehead atoms. The highest BCUT2D eigenvalue weighted by Crippen LogP contribution is 2.30. The van der Waals surface area contributed by atoms with Crippen LogP contribution in [0.25, 0.3) is 33.1 Å². The van der Waals surface area contributed by atoms with Gasteiger partial charge in [-0.05, 0) is 37.6 Å². The van der Waals surface area contributed by atoms with Crippen molar-refractivity contribution in [3.8, 4) is 23.0 Å². The third kappa shape index (κ3) is 2.77. The maximum Gasteiger partial charge on any atom is 0.138 e. The fourth-order valence-corrected chi connectivity index (χ4v) is 2.91. The van der Waals surface area contributed by atoms with Crippen LogP contribution in [0.5, 0.6) is 0 Å². The quantitative estimate of drug-likeness (QED) is 0.527. The second-order valence-electron chi connectivity index (χ2n) is 6.64. The number of rotatable bonds is 1. The van der Waals surface area contributed by atoms with Crippen molar-refractivity contribution >= 4 is 21.9 Å². The zero-order chi connectivity index (χ0) is 17.6. The monoisotopic (exact) mass is 330 g/mol. The van der Waals surface area contributed by atoms with E-state index in [0.29, 0.717) is 0 Å².